The third-order valence-electron chi connectivity index (χ3n) is 3.76. The van der Waals surface area contributed by atoms with Gasteiger partial charge in [0.05, 0.1) is 12.2 Å². The maximum atomic E-state index is 9.94. The van der Waals surface area contributed by atoms with Crippen molar-refractivity contribution in [3.8, 4) is 0 Å². The van der Waals surface area contributed by atoms with E-state index in [0.29, 0.717) is 0 Å². The van der Waals surface area contributed by atoms with E-state index in [1.54, 1.807) is 0 Å². The Kier molecular flexibility index (Phi) is 3.96. The highest BCUT2D eigenvalue weighted by molar-refractivity contribution is 4.97. The maximum Gasteiger partial charge on any atom is 0.0855 e. The molecule has 1 aliphatic carbocycles. The number of aliphatic hydroxyl groups excluding tert-OH is 2. The summed E-state index contributed by atoms with van der Waals surface area (Å²) in [6.45, 7) is 6.32. The molecular formula is C12H24O2. The number of aliphatic hydroxyl groups is 2. The van der Waals surface area contributed by atoms with Crippen molar-refractivity contribution < 1.29 is 10.2 Å². The summed E-state index contributed by atoms with van der Waals surface area (Å²) in [5.74, 6) is 0.247. The first-order valence-electron chi connectivity index (χ1n) is 5.87. The van der Waals surface area contributed by atoms with Gasteiger partial charge in [-0.05, 0) is 24.2 Å². The summed E-state index contributed by atoms with van der Waals surface area (Å²) in [5.41, 5.74) is -0.0476. The molecule has 0 heterocycles. The fraction of sp³-hybridized carbons (Fsp3) is 1.00. The van der Waals surface area contributed by atoms with E-state index in [-0.39, 0.29) is 11.3 Å². The van der Waals surface area contributed by atoms with Crippen molar-refractivity contribution in [2.45, 2.75) is 65.1 Å². The summed E-state index contributed by atoms with van der Waals surface area (Å²) >= 11 is 0. The molecule has 1 saturated carbocycles. The predicted molar refractivity (Wildman–Crippen MR) is 58.0 cm³/mol. The lowest BCUT2D eigenvalue weighted by molar-refractivity contribution is -0.0251. The van der Waals surface area contributed by atoms with Crippen LogP contribution in [0.1, 0.15) is 52.9 Å². The molecule has 0 amide bonds. The van der Waals surface area contributed by atoms with Crippen LogP contribution in [0, 0.1) is 11.3 Å². The quantitative estimate of drug-likeness (QED) is 0.684. The van der Waals surface area contributed by atoms with E-state index >= 15 is 0 Å². The van der Waals surface area contributed by atoms with Gasteiger partial charge in [0.2, 0.25) is 0 Å². The van der Waals surface area contributed by atoms with E-state index in [1.807, 2.05) is 6.92 Å². The highest BCUT2D eigenvalue weighted by Gasteiger charge is 2.46. The predicted octanol–water partition coefficient (Wildman–Crippen LogP) is 2.33. The minimum absolute atomic E-state index is 0.0476. The molecule has 4 atom stereocenters. The summed E-state index contributed by atoms with van der Waals surface area (Å²) < 4.78 is 0. The van der Waals surface area contributed by atoms with Crippen molar-refractivity contribution in [1.82, 2.24) is 0 Å². The molecule has 1 rings (SSSR count). The third kappa shape index (κ3) is 2.29. The molecule has 1 fully saturated rings. The van der Waals surface area contributed by atoms with Crippen LogP contribution in [-0.4, -0.2) is 22.4 Å². The SMILES string of the molecule is CCCCC[C@@]1(C)C[C@@H](C)[C@H](O)[C@@H]1O. The van der Waals surface area contributed by atoms with Crippen molar-refractivity contribution in [1.29, 1.82) is 0 Å². The molecule has 0 unspecified atom stereocenters. The number of unbranched alkanes of at least 4 members (excludes halogenated alkanes) is 2. The summed E-state index contributed by atoms with van der Waals surface area (Å²) in [6.07, 6.45) is 4.58. The van der Waals surface area contributed by atoms with Crippen LogP contribution in [0.15, 0.2) is 0 Å². The van der Waals surface area contributed by atoms with E-state index in [1.165, 1.54) is 19.3 Å². The average Bonchev–Trinajstić information content (AvgIpc) is 2.32. The average molecular weight is 200 g/mol. The first kappa shape index (κ1) is 12.0. The fourth-order valence-corrected chi connectivity index (χ4v) is 2.73. The Morgan fingerprint density at radius 1 is 1.29 bits per heavy atom. The van der Waals surface area contributed by atoms with Gasteiger partial charge in [0.15, 0.2) is 0 Å². The Labute approximate surface area is 87.3 Å². The molecule has 0 bridgehead atoms. The van der Waals surface area contributed by atoms with Crippen LogP contribution in [0.4, 0.5) is 0 Å². The molecule has 2 heteroatoms. The molecule has 0 spiro atoms. The molecule has 14 heavy (non-hydrogen) atoms. The molecule has 0 aliphatic heterocycles. The van der Waals surface area contributed by atoms with Gasteiger partial charge < -0.3 is 10.2 Å². The lowest BCUT2D eigenvalue weighted by Crippen LogP contribution is -2.34. The second kappa shape index (κ2) is 4.63. The van der Waals surface area contributed by atoms with E-state index in [9.17, 15) is 10.2 Å². The molecule has 0 aromatic carbocycles. The van der Waals surface area contributed by atoms with Gasteiger partial charge in [0.1, 0.15) is 0 Å². The van der Waals surface area contributed by atoms with Crippen molar-refractivity contribution in [2.24, 2.45) is 11.3 Å². The van der Waals surface area contributed by atoms with Crippen LogP contribution < -0.4 is 0 Å². The standard InChI is InChI=1S/C12H24O2/c1-4-5-6-7-12(3)8-9(2)10(13)11(12)14/h9-11,13-14H,4-8H2,1-3H3/t9-,10+,11+,12+/m1/s1. The molecule has 2 N–H and O–H groups in total. The van der Waals surface area contributed by atoms with Gasteiger partial charge in [0.25, 0.3) is 0 Å². The lowest BCUT2D eigenvalue weighted by atomic mass is 9.80. The Bertz CT molecular complexity index is 181. The summed E-state index contributed by atoms with van der Waals surface area (Å²) in [6, 6.07) is 0. The molecule has 1 aliphatic rings. The van der Waals surface area contributed by atoms with Gasteiger partial charge >= 0.3 is 0 Å². The van der Waals surface area contributed by atoms with Gasteiger partial charge in [-0.15, -0.1) is 0 Å². The Balaban J connectivity index is 2.48. The zero-order valence-electron chi connectivity index (χ0n) is 9.66. The van der Waals surface area contributed by atoms with Crippen LogP contribution >= 0.6 is 0 Å². The molecule has 0 aromatic rings. The van der Waals surface area contributed by atoms with Gasteiger partial charge in [-0.25, -0.2) is 0 Å². The van der Waals surface area contributed by atoms with Crippen LogP contribution in [0.5, 0.6) is 0 Å². The first-order valence-corrected chi connectivity index (χ1v) is 5.87. The zero-order valence-corrected chi connectivity index (χ0v) is 9.66. The van der Waals surface area contributed by atoms with Gasteiger partial charge in [0, 0.05) is 0 Å². The number of hydrogen-bond donors (Lipinski definition) is 2. The van der Waals surface area contributed by atoms with E-state index in [0.717, 1.165) is 12.8 Å². The number of hydrogen-bond acceptors (Lipinski definition) is 2. The van der Waals surface area contributed by atoms with Crippen molar-refractivity contribution in [2.75, 3.05) is 0 Å². The van der Waals surface area contributed by atoms with Crippen LogP contribution in [0.2, 0.25) is 0 Å². The number of rotatable bonds is 4. The topological polar surface area (TPSA) is 40.5 Å². The zero-order chi connectivity index (χ0) is 10.8. The van der Waals surface area contributed by atoms with E-state index in [4.69, 9.17) is 0 Å². The normalized spacial score (nSPS) is 43.1. The van der Waals surface area contributed by atoms with Crippen molar-refractivity contribution in [3.05, 3.63) is 0 Å². The Hall–Kier alpha value is -0.0800. The second-order valence-electron chi connectivity index (χ2n) is 5.23. The lowest BCUT2D eigenvalue weighted by Gasteiger charge is -2.28. The monoisotopic (exact) mass is 200 g/mol. The first-order chi connectivity index (χ1) is 6.51. The fourth-order valence-electron chi connectivity index (χ4n) is 2.73. The van der Waals surface area contributed by atoms with Gasteiger partial charge in [-0.3, -0.25) is 0 Å². The molecule has 0 radical (unpaired) electrons. The van der Waals surface area contributed by atoms with Gasteiger partial charge in [-0.1, -0.05) is 40.0 Å². The highest BCUT2D eigenvalue weighted by atomic mass is 16.3. The Morgan fingerprint density at radius 2 is 1.93 bits per heavy atom. The van der Waals surface area contributed by atoms with E-state index in [2.05, 4.69) is 13.8 Å². The van der Waals surface area contributed by atoms with Crippen LogP contribution in [-0.2, 0) is 0 Å². The Morgan fingerprint density at radius 3 is 2.36 bits per heavy atom. The van der Waals surface area contributed by atoms with Crippen LogP contribution in [0.25, 0.3) is 0 Å². The molecular weight excluding hydrogens is 176 g/mol. The van der Waals surface area contributed by atoms with E-state index < -0.39 is 12.2 Å². The van der Waals surface area contributed by atoms with Crippen molar-refractivity contribution >= 4 is 0 Å². The summed E-state index contributed by atoms with van der Waals surface area (Å²) in [5, 5.41) is 19.6. The summed E-state index contributed by atoms with van der Waals surface area (Å²) in [4.78, 5) is 0. The largest absolute Gasteiger partial charge is 0.390 e. The smallest absolute Gasteiger partial charge is 0.0855 e. The molecule has 2 nitrogen and oxygen atoms in total. The van der Waals surface area contributed by atoms with Gasteiger partial charge in [-0.2, -0.15) is 0 Å². The van der Waals surface area contributed by atoms with Crippen LogP contribution in [0.3, 0.4) is 0 Å². The summed E-state index contributed by atoms with van der Waals surface area (Å²) in [7, 11) is 0. The molecule has 0 aromatic heterocycles. The minimum Gasteiger partial charge on any atom is -0.390 e. The molecule has 84 valence electrons. The second-order valence-corrected chi connectivity index (χ2v) is 5.23. The third-order valence-corrected chi connectivity index (χ3v) is 3.76. The van der Waals surface area contributed by atoms with Crippen molar-refractivity contribution in [3.63, 3.8) is 0 Å². The minimum atomic E-state index is -0.519. The molecule has 0 saturated heterocycles. The maximum absolute atomic E-state index is 9.94. The highest BCUT2D eigenvalue weighted by Crippen LogP contribution is 2.45.